The summed E-state index contributed by atoms with van der Waals surface area (Å²) < 4.78 is 16.7. The van der Waals surface area contributed by atoms with Crippen LogP contribution >= 0.6 is 0 Å². The number of para-hydroxylation sites is 1. The van der Waals surface area contributed by atoms with Gasteiger partial charge < -0.3 is 19.1 Å². The van der Waals surface area contributed by atoms with Crippen LogP contribution in [0.1, 0.15) is 24.8 Å². The fourth-order valence-corrected chi connectivity index (χ4v) is 2.89. The van der Waals surface area contributed by atoms with E-state index in [0.29, 0.717) is 26.3 Å². The van der Waals surface area contributed by atoms with Crippen molar-refractivity contribution < 1.29 is 19.0 Å². The quantitative estimate of drug-likeness (QED) is 0.836. The molecule has 5 nitrogen and oxygen atoms in total. The van der Waals surface area contributed by atoms with Gasteiger partial charge in [0.15, 0.2) is 11.5 Å². The number of fused-ring (bicyclic) bond motifs is 1. The Morgan fingerprint density at radius 1 is 1.33 bits per heavy atom. The topological polar surface area (TPSA) is 48.0 Å². The first kappa shape index (κ1) is 14.2. The minimum atomic E-state index is -0.264. The number of ether oxygens (including phenoxy) is 3. The van der Waals surface area contributed by atoms with Gasteiger partial charge in [-0.25, -0.2) is 0 Å². The molecule has 5 heteroatoms. The third kappa shape index (κ3) is 2.97. The number of nitrogens with zero attached hydrogens (tertiary/aromatic N) is 1. The van der Waals surface area contributed by atoms with E-state index in [1.165, 1.54) is 0 Å². The molecule has 1 amide bonds. The molecule has 1 atom stereocenters. The lowest BCUT2D eigenvalue weighted by Crippen LogP contribution is -2.40. The Morgan fingerprint density at radius 2 is 2.24 bits per heavy atom. The van der Waals surface area contributed by atoms with E-state index in [9.17, 15) is 4.79 Å². The van der Waals surface area contributed by atoms with E-state index in [1.807, 2.05) is 23.1 Å². The third-order valence-electron chi connectivity index (χ3n) is 3.98. The second-order valence-corrected chi connectivity index (χ2v) is 5.41. The van der Waals surface area contributed by atoms with Gasteiger partial charge in [-0.2, -0.15) is 0 Å². The Balaban J connectivity index is 1.82. The summed E-state index contributed by atoms with van der Waals surface area (Å²) in [4.78, 5) is 14.4. The van der Waals surface area contributed by atoms with E-state index in [-0.39, 0.29) is 12.0 Å². The van der Waals surface area contributed by atoms with Crippen molar-refractivity contribution in [3.8, 4) is 11.5 Å². The zero-order chi connectivity index (χ0) is 14.7. The average Bonchev–Trinajstić information content (AvgIpc) is 3.01. The summed E-state index contributed by atoms with van der Waals surface area (Å²) in [5.41, 5.74) is 0.986. The predicted molar refractivity (Wildman–Crippen MR) is 77.5 cm³/mol. The Kier molecular flexibility index (Phi) is 4.29. The van der Waals surface area contributed by atoms with Gasteiger partial charge in [0.1, 0.15) is 6.10 Å². The maximum absolute atomic E-state index is 12.6. The maximum atomic E-state index is 12.6. The van der Waals surface area contributed by atoms with Crippen LogP contribution in [0.5, 0.6) is 11.5 Å². The van der Waals surface area contributed by atoms with Crippen LogP contribution in [0, 0.1) is 0 Å². The molecule has 0 unspecified atom stereocenters. The average molecular weight is 291 g/mol. The highest BCUT2D eigenvalue weighted by atomic mass is 16.5. The molecule has 1 saturated heterocycles. The number of amides is 1. The first-order valence-corrected chi connectivity index (χ1v) is 7.48. The minimum absolute atomic E-state index is 0.100. The monoisotopic (exact) mass is 291 g/mol. The zero-order valence-corrected chi connectivity index (χ0v) is 12.3. The fraction of sp³-hybridized carbons (Fsp3) is 0.562. The smallest absolute Gasteiger partial charge is 0.252 e. The third-order valence-corrected chi connectivity index (χ3v) is 3.98. The summed E-state index contributed by atoms with van der Waals surface area (Å²) in [6.45, 7) is 2.53. The van der Waals surface area contributed by atoms with Gasteiger partial charge in [0.05, 0.1) is 13.7 Å². The Labute approximate surface area is 124 Å². The number of hydrogen-bond acceptors (Lipinski definition) is 4. The molecular weight excluding hydrogens is 270 g/mol. The van der Waals surface area contributed by atoms with Gasteiger partial charge in [-0.15, -0.1) is 0 Å². The van der Waals surface area contributed by atoms with Gasteiger partial charge in [0.2, 0.25) is 0 Å². The van der Waals surface area contributed by atoms with Crippen LogP contribution in [-0.2, 0) is 16.1 Å². The van der Waals surface area contributed by atoms with Crippen molar-refractivity contribution in [1.82, 2.24) is 4.90 Å². The van der Waals surface area contributed by atoms with E-state index < -0.39 is 0 Å². The molecule has 3 rings (SSSR count). The largest absolute Gasteiger partial charge is 0.493 e. The SMILES string of the molecule is COc1cccc2c1OCCCN(C(=O)[C@H]1CCCO1)C2. The van der Waals surface area contributed by atoms with E-state index in [1.54, 1.807) is 7.11 Å². The van der Waals surface area contributed by atoms with Crippen LogP contribution in [0.4, 0.5) is 0 Å². The van der Waals surface area contributed by atoms with Crippen LogP contribution < -0.4 is 9.47 Å². The zero-order valence-electron chi connectivity index (χ0n) is 12.3. The molecule has 0 bridgehead atoms. The van der Waals surface area contributed by atoms with Gasteiger partial charge >= 0.3 is 0 Å². The number of carbonyl (C=O) groups is 1. The minimum Gasteiger partial charge on any atom is -0.493 e. The van der Waals surface area contributed by atoms with Crippen molar-refractivity contribution >= 4 is 5.91 Å². The van der Waals surface area contributed by atoms with Gasteiger partial charge in [-0.3, -0.25) is 4.79 Å². The molecule has 2 aliphatic heterocycles. The van der Waals surface area contributed by atoms with Crippen LogP contribution in [0.15, 0.2) is 18.2 Å². The molecule has 1 fully saturated rings. The van der Waals surface area contributed by atoms with Gasteiger partial charge in [0.25, 0.3) is 5.91 Å². The Hall–Kier alpha value is -1.75. The summed E-state index contributed by atoms with van der Waals surface area (Å²) in [5.74, 6) is 1.58. The fourth-order valence-electron chi connectivity index (χ4n) is 2.89. The van der Waals surface area contributed by atoms with Crippen molar-refractivity contribution in [3.05, 3.63) is 23.8 Å². The summed E-state index contributed by atoms with van der Waals surface area (Å²) >= 11 is 0. The molecular formula is C16H21NO4. The van der Waals surface area contributed by atoms with Gasteiger partial charge in [0, 0.05) is 25.3 Å². The predicted octanol–water partition coefficient (Wildman–Crippen LogP) is 1.99. The number of benzene rings is 1. The molecule has 114 valence electrons. The van der Waals surface area contributed by atoms with Crippen LogP contribution in [0.2, 0.25) is 0 Å². The summed E-state index contributed by atoms with van der Waals surface area (Å²) in [7, 11) is 1.63. The first-order valence-electron chi connectivity index (χ1n) is 7.48. The van der Waals surface area contributed by atoms with Crippen LogP contribution in [0.25, 0.3) is 0 Å². The van der Waals surface area contributed by atoms with Crippen molar-refractivity contribution in [2.24, 2.45) is 0 Å². The standard InChI is InChI=1S/C16H21NO4/c1-19-13-6-2-5-12-11-17(8-4-10-21-15(12)13)16(18)14-7-3-9-20-14/h2,5-6,14H,3-4,7-11H2,1H3/t14-/m1/s1. The highest BCUT2D eigenvalue weighted by molar-refractivity contribution is 5.81. The Bertz CT molecular complexity index is 511. The molecule has 2 aliphatic rings. The van der Waals surface area contributed by atoms with E-state index in [2.05, 4.69) is 0 Å². The lowest BCUT2D eigenvalue weighted by molar-refractivity contribution is -0.141. The molecule has 0 spiro atoms. The summed E-state index contributed by atoms with van der Waals surface area (Å²) in [5, 5.41) is 0. The molecule has 0 radical (unpaired) electrons. The van der Waals surface area contributed by atoms with Crippen molar-refractivity contribution in [3.63, 3.8) is 0 Å². The Morgan fingerprint density at radius 3 is 3.00 bits per heavy atom. The molecule has 0 aliphatic carbocycles. The summed E-state index contributed by atoms with van der Waals surface area (Å²) in [6, 6.07) is 5.79. The first-order chi connectivity index (χ1) is 10.3. The lowest BCUT2D eigenvalue weighted by Gasteiger charge is -2.29. The van der Waals surface area contributed by atoms with Gasteiger partial charge in [-0.1, -0.05) is 12.1 Å². The normalized spacial score (nSPS) is 22.0. The molecule has 1 aromatic rings. The molecule has 21 heavy (non-hydrogen) atoms. The molecule has 0 aromatic heterocycles. The molecule has 1 aromatic carbocycles. The number of carbonyl (C=O) groups excluding carboxylic acids is 1. The molecule has 0 saturated carbocycles. The molecule has 2 heterocycles. The van der Waals surface area contributed by atoms with E-state index in [0.717, 1.165) is 36.3 Å². The second-order valence-electron chi connectivity index (χ2n) is 5.41. The second kappa shape index (κ2) is 6.35. The van der Waals surface area contributed by atoms with E-state index >= 15 is 0 Å². The summed E-state index contributed by atoms with van der Waals surface area (Å²) in [6.07, 6.45) is 2.35. The highest BCUT2D eigenvalue weighted by Gasteiger charge is 2.29. The number of hydrogen-bond donors (Lipinski definition) is 0. The van der Waals surface area contributed by atoms with Crippen molar-refractivity contribution in [1.29, 1.82) is 0 Å². The van der Waals surface area contributed by atoms with Crippen molar-refractivity contribution in [2.45, 2.75) is 31.9 Å². The van der Waals surface area contributed by atoms with Crippen LogP contribution in [0.3, 0.4) is 0 Å². The highest BCUT2D eigenvalue weighted by Crippen LogP contribution is 2.33. The molecule has 0 N–H and O–H groups in total. The van der Waals surface area contributed by atoms with Crippen molar-refractivity contribution in [2.75, 3.05) is 26.9 Å². The van der Waals surface area contributed by atoms with E-state index in [4.69, 9.17) is 14.2 Å². The number of rotatable bonds is 2. The van der Waals surface area contributed by atoms with Gasteiger partial charge in [-0.05, 0) is 25.3 Å². The number of methoxy groups -OCH3 is 1. The lowest BCUT2D eigenvalue weighted by atomic mass is 10.1. The van der Waals surface area contributed by atoms with Crippen LogP contribution in [-0.4, -0.2) is 43.8 Å². The maximum Gasteiger partial charge on any atom is 0.252 e.